The summed E-state index contributed by atoms with van der Waals surface area (Å²) in [5.74, 6) is -2.42. The van der Waals surface area contributed by atoms with Gasteiger partial charge in [-0.2, -0.15) is 17.7 Å². The van der Waals surface area contributed by atoms with Crippen molar-refractivity contribution in [2.24, 2.45) is 0 Å². The third-order valence-corrected chi connectivity index (χ3v) is 6.11. The molecule has 0 aliphatic carbocycles. The molecular weight excluding hydrogens is 544 g/mol. The van der Waals surface area contributed by atoms with Crippen LogP contribution < -0.4 is 61.2 Å². The van der Waals surface area contributed by atoms with Crippen LogP contribution in [-0.2, 0) is 4.79 Å². The van der Waals surface area contributed by atoms with Crippen molar-refractivity contribution in [3.8, 4) is 11.1 Å². The number of benzene rings is 3. The van der Waals surface area contributed by atoms with Crippen LogP contribution in [0, 0.1) is 5.82 Å². The van der Waals surface area contributed by atoms with Crippen molar-refractivity contribution in [2.45, 2.75) is 12.3 Å². The number of carbonyl (C=O) groups excluding carboxylic acids is 2. The molecule has 1 aliphatic rings. The van der Waals surface area contributed by atoms with Crippen molar-refractivity contribution >= 4 is 46.8 Å². The quantitative estimate of drug-likeness (QED) is 0.232. The fourth-order valence-electron chi connectivity index (χ4n) is 3.79. The summed E-state index contributed by atoms with van der Waals surface area (Å²) in [5, 5.41) is 30.2. The van der Waals surface area contributed by atoms with E-state index in [9.17, 15) is 33.7 Å². The Bertz CT molecular complexity index is 1300. The van der Waals surface area contributed by atoms with Crippen LogP contribution in [0.5, 0.6) is 0 Å². The van der Waals surface area contributed by atoms with Crippen LogP contribution in [0.15, 0.2) is 54.6 Å². The Hall–Kier alpha value is -1.44. The average molecular weight is 561 g/mol. The normalized spacial score (nSPS) is 13.6. The number of hydrogen-bond acceptors (Lipinski definition) is 6. The number of amides is 1. The molecule has 0 spiro atoms. The number of aliphatic hydroxyl groups is 3. The molecule has 0 bridgehead atoms. The van der Waals surface area contributed by atoms with E-state index in [2.05, 4.69) is 0 Å². The summed E-state index contributed by atoms with van der Waals surface area (Å²) < 4.78 is 28.2. The second kappa shape index (κ2) is 11.5. The molecule has 1 heterocycles. The topological polar surface area (TPSA) is 101 Å². The minimum absolute atomic E-state index is 0. The van der Waals surface area contributed by atoms with Crippen molar-refractivity contribution in [1.29, 1.82) is 0 Å². The third-order valence-electron chi connectivity index (χ3n) is 5.47. The van der Waals surface area contributed by atoms with Crippen molar-refractivity contribution in [3.05, 3.63) is 81.6 Å². The Balaban J connectivity index is 0.00000361. The van der Waals surface area contributed by atoms with E-state index in [1.165, 1.54) is 53.4 Å². The summed E-state index contributed by atoms with van der Waals surface area (Å²) in [7, 11) is 0. The van der Waals surface area contributed by atoms with E-state index in [0.29, 0.717) is 11.1 Å². The zero-order valence-corrected chi connectivity index (χ0v) is 23.4. The van der Waals surface area contributed by atoms with Gasteiger partial charge in [0.15, 0.2) is 0 Å². The van der Waals surface area contributed by atoms with Crippen LogP contribution in [0.4, 0.5) is 20.2 Å². The van der Waals surface area contributed by atoms with Gasteiger partial charge >= 0.3 is 57.5 Å². The minimum atomic E-state index is -3.77. The van der Waals surface area contributed by atoms with Crippen LogP contribution >= 0.6 is 23.2 Å². The summed E-state index contributed by atoms with van der Waals surface area (Å²) in [5.41, 5.74) is 0.186. The molecular formula is C24H17Cl2F2KN2O5. The zero-order valence-electron chi connectivity index (χ0n) is 18.8. The Morgan fingerprint density at radius 1 is 1.06 bits per heavy atom. The second-order valence-electron chi connectivity index (χ2n) is 7.84. The molecule has 3 aromatic rings. The van der Waals surface area contributed by atoms with E-state index in [4.69, 9.17) is 23.2 Å². The van der Waals surface area contributed by atoms with Crippen LogP contribution in [0.1, 0.15) is 15.9 Å². The molecule has 1 saturated heterocycles. The fraction of sp³-hybridized carbons (Fsp3) is 0.167. The van der Waals surface area contributed by atoms with E-state index >= 15 is 0 Å². The summed E-state index contributed by atoms with van der Waals surface area (Å²) in [6.45, 7) is -0.186. The van der Waals surface area contributed by atoms with Gasteiger partial charge in [0.2, 0.25) is 0 Å². The predicted octanol–water partition coefficient (Wildman–Crippen LogP) is 0.654. The first-order valence-electron chi connectivity index (χ1n) is 10.2. The second-order valence-corrected chi connectivity index (χ2v) is 8.65. The maximum atomic E-state index is 14.5. The molecule has 3 N–H and O–H groups in total. The summed E-state index contributed by atoms with van der Waals surface area (Å²) in [4.78, 5) is 25.9. The van der Waals surface area contributed by atoms with Gasteiger partial charge < -0.3 is 25.0 Å². The Labute approximate surface area is 257 Å². The predicted molar refractivity (Wildman–Crippen MR) is 126 cm³/mol. The van der Waals surface area contributed by atoms with E-state index in [-0.39, 0.29) is 96.4 Å². The van der Waals surface area contributed by atoms with Gasteiger partial charge in [-0.25, -0.2) is 13.7 Å². The zero-order chi connectivity index (χ0) is 25.5. The number of carbonyl (C=O) groups is 1. The summed E-state index contributed by atoms with van der Waals surface area (Å²) in [6.07, 6.45) is -3.21. The molecule has 1 amide bonds. The van der Waals surface area contributed by atoms with Gasteiger partial charge in [0.25, 0.3) is 5.91 Å². The smallest absolute Gasteiger partial charge is 0.376 e. The number of anilines is 2. The van der Waals surface area contributed by atoms with Crippen LogP contribution in [0.2, 0.25) is 10.0 Å². The van der Waals surface area contributed by atoms with Crippen LogP contribution in [0.3, 0.4) is 0 Å². The van der Waals surface area contributed by atoms with E-state index in [1.54, 1.807) is 6.29 Å². The van der Waals surface area contributed by atoms with Crippen molar-refractivity contribution < 1.29 is 85.1 Å². The largest absolute Gasteiger partial charge is 1.00 e. The number of rotatable bonds is 6. The van der Waals surface area contributed by atoms with Gasteiger partial charge in [-0.15, -0.1) is 0 Å². The molecule has 4 rings (SSSR count). The molecule has 0 unspecified atom stereocenters. The van der Waals surface area contributed by atoms with E-state index < -0.39 is 29.6 Å². The molecule has 182 valence electrons. The molecule has 0 radical (unpaired) electrons. The maximum Gasteiger partial charge on any atom is 1.00 e. The van der Waals surface area contributed by atoms with Gasteiger partial charge in [0.05, 0.1) is 41.3 Å². The number of nitrogens with zero attached hydrogens (tertiary/aromatic N) is 2. The van der Waals surface area contributed by atoms with Crippen molar-refractivity contribution in [1.82, 2.24) is 0 Å². The molecule has 0 saturated carbocycles. The first-order valence-corrected chi connectivity index (χ1v) is 10.9. The number of halogens is 4. The number of hydrogen-bond donors (Lipinski definition) is 3. The SMILES string of the molecule is O=[C-]c1ccc(Cl)c(-c2ccc(N(C(=O)c3c(F)cccc3Cl)C(O)(O)O)c(N3CC(F)C3)c2)c1.[K+]. The molecule has 1 fully saturated rings. The van der Waals surface area contributed by atoms with Gasteiger partial charge in [-0.3, -0.25) is 4.79 Å². The molecule has 0 atom stereocenters. The van der Waals surface area contributed by atoms with Gasteiger partial charge in [0, 0.05) is 5.02 Å². The van der Waals surface area contributed by atoms with E-state index in [1.807, 2.05) is 0 Å². The molecule has 1 aliphatic heterocycles. The molecule has 0 aromatic heterocycles. The molecule has 3 aromatic carbocycles. The van der Waals surface area contributed by atoms with Crippen molar-refractivity contribution in [3.63, 3.8) is 0 Å². The Kier molecular flexibility index (Phi) is 9.32. The van der Waals surface area contributed by atoms with Gasteiger partial charge in [0.1, 0.15) is 12.0 Å². The standard InChI is InChI=1S/C24H17Cl2F2N2O5.K/c25-17-6-4-13(12-31)8-16(17)14-5-7-20(21(9-14)29-10-15(27)11-29)30(24(33,34)35)23(32)22-18(26)2-1-3-19(22)28;/h1-9,15,33-35H,10-11H2;/q-1;+1. The van der Waals surface area contributed by atoms with E-state index in [0.717, 1.165) is 6.07 Å². The van der Waals surface area contributed by atoms with Crippen LogP contribution in [-0.4, -0.2) is 52.9 Å². The molecule has 36 heavy (non-hydrogen) atoms. The number of alkyl halides is 1. The summed E-state index contributed by atoms with van der Waals surface area (Å²) >= 11 is 12.3. The summed E-state index contributed by atoms with van der Waals surface area (Å²) in [6, 6.07) is 12.0. The first kappa shape index (κ1) is 29.1. The third kappa shape index (κ3) is 5.83. The van der Waals surface area contributed by atoms with Gasteiger partial charge in [-0.1, -0.05) is 47.0 Å². The van der Waals surface area contributed by atoms with Gasteiger partial charge in [-0.05, 0) is 29.8 Å². The fourth-order valence-corrected chi connectivity index (χ4v) is 4.26. The molecule has 7 nitrogen and oxygen atoms in total. The van der Waals surface area contributed by atoms with Crippen molar-refractivity contribution in [2.75, 3.05) is 22.9 Å². The minimum Gasteiger partial charge on any atom is -0.376 e. The average Bonchev–Trinajstić information content (AvgIpc) is 2.77. The first-order chi connectivity index (χ1) is 16.5. The maximum absolute atomic E-state index is 14.5. The Morgan fingerprint density at radius 3 is 2.33 bits per heavy atom. The molecule has 12 heteroatoms. The Morgan fingerprint density at radius 2 is 1.75 bits per heavy atom. The van der Waals surface area contributed by atoms with Crippen LogP contribution in [0.25, 0.3) is 11.1 Å². The monoisotopic (exact) mass is 560 g/mol.